The summed E-state index contributed by atoms with van der Waals surface area (Å²) in [5.74, 6) is 0.111. The molecule has 1 aromatic rings. The van der Waals surface area contributed by atoms with Crippen LogP contribution in [-0.4, -0.2) is 23.5 Å². The van der Waals surface area contributed by atoms with E-state index in [1.807, 2.05) is 5.38 Å². The van der Waals surface area contributed by atoms with Gasteiger partial charge in [0.2, 0.25) is 5.91 Å². The van der Waals surface area contributed by atoms with Gasteiger partial charge in [0, 0.05) is 30.6 Å². The fraction of sp³-hybridized carbons (Fsp3) is 0.667. The van der Waals surface area contributed by atoms with Crippen LogP contribution < -0.4 is 10.6 Å². The van der Waals surface area contributed by atoms with E-state index < -0.39 is 0 Å². The second-order valence-corrected chi connectivity index (χ2v) is 5.30. The van der Waals surface area contributed by atoms with Crippen molar-refractivity contribution in [2.45, 2.75) is 44.7 Å². The minimum Gasteiger partial charge on any atom is -0.347 e. The Bertz CT molecular complexity index is 349. The van der Waals surface area contributed by atoms with Gasteiger partial charge in [0.15, 0.2) is 0 Å². The van der Waals surface area contributed by atoms with Crippen molar-refractivity contribution >= 4 is 17.2 Å². The third-order valence-corrected chi connectivity index (χ3v) is 3.74. The Morgan fingerprint density at radius 1 is 1.65 bits per heavy atom. The van der Waals surface area contributed by atoms with Crippen LogP contribution in [0.3, 0.4) is 0 Å². The van der Waals surface area contributed by atoms with Gasteiger partial charge in [-0.25, -0.2) is 4.98 Å². The van der Waals surface area contributed by atoms with Crippen molar-refractivity contribution in [3.63, 3.8) is 0 Å². The molecule has 0 radical (unpaired) electrons. The van der Waals surface area contributed by atoms with Crippen molar-refractivity contribution in [2.24, 2.45) is 0 Å². The minimum atomic E-state index is 0.0726. The summed E-state index contributed by atoms with van der Waals surface area (Å²) < 4.78 is 0. The molecule has 0 aliphatic heterocycles. The van der Waals surface area contributed by atoms with E-state index in [2.05, 4.69) is 22.5 Å². The van der Waals surface area contributed by atoms with E-state index in [1.165, 1.54) is 12.8 Å². The molecule has 4 nitrogen and oxygen atoms in total. The Hall–Kier alpha value is -0.940. The molecule has 1 fully saturated rings. The zero-order valence-corrected chi connectivity index (χ0v) is 10.9. The lowest BCUT2D eigenvalue weighted by Crippen LogP contribution is -2.31. The van der Waals surface area contributed by atoms with Crippen LogP contribution in [-0.2, 0) is 4.79 Å². The van der Waals surface area contributed by atoms with E-state index in [1.54, 1.807) is 17.5 Å². The Morgan fingerprint density at radius 2 is 2.47 bits per heavy atom. The average molecular weight is 253 g/mol. The zero-order valence-electron chi connectivity index (χ0n) is 10.1. The maximum atomic E-state index is 11.7. The number of aromatic nitrogens is 1. The zero-order chi connectivity index (χ0) is 12.1. The largest absolute Gasteiger partial charge is 0.347 e. The summed E-state index contributed by atoms with van der Waals surface area (Å²) in [5, 5.41) is 9.31. The molecule has 0 aromatic carbocycles. The number of nitrogens with one attached hydrogen (secondary N) is 2. The van der Waals surface area contributed by atoms with E-state index in [9.17, 15) is 4.79 Å². The van der Waals surface area contributed by atoms with Crippen LogP contribution in [0.2, 0.25) is 0 Å². The van der Waals surface area contributed by atoms with Crippen molar-refractivity contribution in [3.8, 4) is 0 Å². The molecule has 1 aliphatic rings. The van der Waals surface area contributed by atoms with E-state index in [-0.39, 0.29) is 11.9 Å². The fourth-order valence-electron chi connectivity index (χ4n) is 1.69. The summed E-state index contributed by atoms with van der Waals surface area (Å²) in [6, 6.07) is 0.743. The number of nitrogens with zero attached hydrogens (tertiary/aromatic N) is 1. The predicted octanol–water partition coefficient (Wildman–Crippen LogP) is 1.85. The number of carbonyl (C=O) groups excluding carboxylic acids is 1. The van der Waals surface area contributed by atoms with Gasteiger partial charge in [0.25, 0.3) is 0 Å². The smallest absolute Gasteiger partial charge is 0.221 e. The fourth-order valence-corrected chi connectivity index (χ4v) is 2.46. The van der Waals surface area contributed by atoms with Crippen molar-refractivity contribution in [2.75, 3.05) is 6.54 Å². The van der Waals surface area contributed by atoms with Crippen LogP contribution in [0.4, 0.5) is 0 Å². The van der Waals surface area contributed by atoms with Crippen LogP contribution in [0.5, 0.6) is 0 Å². The quantitative estimate of drug-likeness (QED) is 0.780. The maximum Gasteiger partial charge on any atom is 0.221 e. The van der Waals surface area contributed by atoms with Crippen LogP contribution in [0.1, 0.15) is 43.7 Å². The first-order valence-corrected chi connectivity index (χ1v) is 7.09. The first-order valence-electron chi connectivity index (χ1n) is 6.21. The lowest BCUT2D eigenvalue weighted by Gasteiger charge is -2.14. The van der Waals surface area contributed by atoms with Crippen LogP contribution >= 0.6 is 11.3 Å². The predicted molar refractivity (Wildman–Crippen MR) is 68.9 cm³/mol. The number of rotatable bonds is 7. The topological polar surface area (TPSA) is 54.0 Å². The molecule has 1 aliphatic carbocycles. The van der Waals surface area contributed by atoms with Gasteiger partial charge in [-0.3, -0.25) is 4.79 Å². The summed E-state index contributed by atoms with van der Waals surface area (Å²) in [4.78, 5) is 16.0. The standard InChI is InChI=1S/C12H19N3OS/c1-2-10(12-14-7-8-17-12)15-11(16)5-6-13-9-3-4-9/h7-10,13H,2-6H2,1H3,(H,15,16). The summed E-state index contributed by atoms with van der Waals surface area (Å²) in [6.45, 7) is 2.85. The van der Waals surface area contributed by atoms with Gasteiger partial charge in [-0.15, -0.1) is 11.3 Å². The van der Waals surface area contributed by atoms with E-state index in [4.69, 9.17) is 0 Å². The number of hydrogen-bond donors (Lipinski definition) is 2. The molecule has 1 amide bonds. The molecule has 0 bridgehead atoms. The molecule has 0 spiro atoms. The van der Waals surface area contributed by atoms with Crippen LogP contribution in [0, 0.1) is 0 Å². The second kappa shape index (κ2) is 6.12. The molecule has 1 aromatic heterocycles. The SMILES string of the molecule is CCC(NC(=O)CCNC1CC1)c1nccs1. The van der Waals surface area contributed by atoms with Crippen molar-refractivity contribution < 1.29 is 4.79 Å². The van der Waals surface area contributed by atoms with Gasteiger partial charge >= 0.3 is 0 Å². The van der Waals surface area contributed by atoms with Gasteiger partial charge in [0.1, 0.15) is 5.01 Å². The number of carbonyl (C=O) groups is 1. The highest BCUT2D eigenvalue weighted by Crippen LogP contribution is 2.19. The third kappa shape index (κ3) is 4.09. The minimum absolute atomic E-state index is 0.0726. The molecule has 1 heterocycles. The molecule has 1 unspecified atom stereocenters. The molecule has 17 heavy (non-hydrogen) atoms. The number of amides is 1. The lowest BCUT2D eigenvalue weighted by molar-refractivity contribution is -0.121. The number of thiazole rings is 1. The van der Waals surface area contributed by atoms with Crippen molar-refractivity contribution in [1.29, 1.82) is 0 Å². The van der Waals surface area contributed by atoms with E-state index in [0.29, 0.717) is 12.5 Å². The summed E-state index contributed by atoms with van der Waals surface area (Å²) in [6.07, 6.45) is 5.74. The molecule has 0 saturated heterocycles. The molecule has 2 N–H and O–H groups in total. The van der Waals surface area contributed by atoms with E-state index in [0.717, 1.165) is 18.0 Å². The third-order valence-electron chi connectivity index (χ3n) is 2.86. The first-order chi connectivity index (χ1) is 8.29. The lowest BCUT2D eigenvalue weighted by atomic mass is 10.2. The Kier molecular flexibility index (Phi) is 4.50. The Labute approximate surface area is 106 Å². The molecule has 1 saturated carbocycles. The average Bonchev–Trinajstić information content (AvgIpc) is 2.98. The maximum absolute atomic E-state index is 11.7. The first kappa shape index (κ1) is 12.5. The summed E-state index contributed by atoms with van der Waals surface area (Å²) in [5.41, 5.74) is 0. The normalized spacial score (nSPS) is 16.8. The van der Waals surface area contributed by atoms with Gasteiger partial charge in [-0.1, -0.05) is 6.92 Å². The summed E-state index contributed by atoms with van der Waals surface area (Å²) >= 11 is 1.59. The molecule has 5 heteroatoms. The second-order valence-electron chi connectivity index (χ2n) is 4.38. The number of hydrogen-bond acceptors (Lipinski definition) is 4. The monoisotopic (exact) mass is 253 g/mol. The van der Waals surface area contributed by atoms with Crippen molar-refractivity contribution in [1.82, 2.24) is 15.6 Å². The van der Waals surface area contributed by atoms with Gasteiger partial charge < -0.3 is 10.6 Å². The summed E-state index contributed by atoms with van der Waals surface area (Å²) in [7, 11) is 0. The molecular weight excluding hydrogens is 234 g/mol. The van der Waals surface area contributed by atoms with Crippen molar-refractivity contribution in [3.05, 3.63) is 16.6 Å². The molecular formula is C12H19N3OS. The van der Waals surface area contributed by atoms with Crippen LogP contribution in [0.15, 0.2) is 11.6 Å². The Morgan fingerprint density at radius 3 is 3.06 bits per heavy atom. The molecule has 1 atom stereocenters. The van der Waals surface area contributed by atoms with Crippen LogP contribution in [0.25, 0.3) is 0 Å². The highest BCUT2D eigenvalue weighted by atomic mass is 32.1. The highest BCUT2D eigenvalue weighted by Gasteiger charge is 2.20. The van der Waals surface area contributed by atoms with E-state index >= 15 is 0 Å². The Balaban J connectivity index is 1.71. The van der Waals surface area contributed by atoms with Gasteiger partial charge in [-0.05, 0) is 19.3 Å². The molecule has 94 valence electrons. The highest BCUT2D eigenvalue weighted by molar-refractivity contribution is 7.09. The van der Waals surface area contributed by atoms with Gasteiger partial charge in [-0.2, -0.15) is 0 Å². The molecule has 2 rings (SSSR count). The van der Waals surface area contributed by atoms with Gasteiger partial charge in [0.05, 0.1) is 6.04 Å².